The molecule has 1 aliphatic carbocycles. The van der Waals surface area contributed by atoms with Crippen LogP contribution in [0.3, 0.4) is 0 Å². The Hall–Kier alpha value is -1.83. The van der Waals surface area contributed by atoms with Crippen molar-refractivity contribution in [2.45, 2.75) is 56.9 Å². The van der Waals surface area contributed by atoms with Crippen LogP contribution in [0.4, 0.5) is 4.79 Å². The smallest absolute Gasteiger partial charge is 0.416 e. The van der Waals surface area contributed by atoms with Crippen molar-refractivity contribution in [3.8, 4) is 0 Å². The Morgan fingerprint density at radius 3 is 2.67 bits per heavy atom. The van der Waals surface area contributed by atoms with Crippen LogP contribution in [0.1, 0.15) is 39.0 Å². The van der Waals surface area contributed by atoms with Crippen LogP contribution in [-0.2, 0) is 19.0 Å². The maximum atomic E-state index is 12.8. The second-order valence-electron chi connectivity index (χ2n) is 6.44. The van der Waals surface area contributed by atoms with Crippen molar-refractivity contribution in [3.63, 3.8) is 0 Å². The fourth-order valence-electron chi connectivity index (χ4n) is 3.76. The number of cyclic esters (lactones) is 1. The third-order valence-corrected chi connectivity index (χ3v) is 5.15. The van der Waals surface area contributed by atoms with Crippen LogP contribution in [0.15, 0.2) is 5.11 Å². The summed E-state index contributed by atoms with van der Waals surface area (Å²) in [6.07, 6.45) is 2.56. The van der Waals surface area contributed by atoms with Crippen LogP contribution in [0, 0.1) is 5.92 Å². The average molecular weight is 338 g/mol. The summed E-state index contributed by atoms with van der Waals surface area (Å²) < 4.78 is 16.3. The van der Waals surface area contributed by atoms with E-state index < -0.39 is 23.8 Å². The number of rotatable bonds is 4. The minimum atomic E-state index is -0.895. The van der Waals surface area contributed by atoms with Crippen LogP contribution >= 0.6 is 0 Å². The highest BCUT2D eigenvalue weighted by molar-refractivity contribution is 5.96. The van der Waals surface area contributed by atoms with E-state index in [0.717, 1.165) is 4.90 Å². The topological polar surface area (TPSA) is 114 Å². The van der Waals surface area contributed by atoms with E-state index in [1.807, 2.05) is 6.92 Å². The molecule has 9 nitrogen and oxygen atoms in total. The Labute approximate surface area is 139 Å². The Morgan fingerprint density at radius 2 is 2.08 bits per heavy atom. The quantitative estimate of drug-likeness (QED) is 0.443. The van der Waals surface area contributed by atoms with Crippen LogP contribution in [0.2, 0.25) is 0 Å². The molecule has 1 spiro atoms. The van der Waals surface area contributed by atoms with Gasteiger partial charge in [0.15, 0.2) is 5.79 Å². The highest BCUT2D eigenvalue weighted by Gasteiger charge is 2.46. The second kappa shape index (κ2) is 6.96. The second-order valence-corrected chi connectivity index (χ2v) is 6.44. The van der Waals surface area contributed by atoms with Gasteiger partial charge in [0.2, 0.25) is 5.91 Å². The summed E-state index contributed by atoms with van der Waals surface area (Å²) in [5.41, 5.74) is 8.88. The minimum absolute atomic E-state index is 0.127. The van der Waals surface area contributed by atoms with E-state index in [-0.39, 0.29) is 18.6 Å². The molecule has 3 aliphatic rings. The molecular weight excluding hydrogens is 316 g/mol. The van der Waals surface area contributed by atoms with Crippen LogP contribution < -0.4 is 0 Å². The molecule has 3 fully saturated rings. The number of carbonyl (C=O) groups is 2. The number of azide groups is 1. The van der Waals surface area contributed by atoms with E-state index >= 15 is 0 Å². The van der Waals surface area contributed by atoms with Gasteiger partial charge in [-0.15, -0.1) is 0 Å². The van der Waals surface area contributed by atoms with E-state index in [1.54, 1.807) is 0 Å². The highest BCUT2D eigenvalue weighted by Crippen LogP contribution is 2.40. The van der Waals surface area contributed by atoms with Crippen LogP contribution in [0.25, 0.3) is 10.4 Å². The predicted octanol–water partition coefficient (Wildman–Crippen LogP) is 2.36. The Balaban J connectivity index is 1.71. The van der Waals surface area contributed by atoms with Gasteiger partial charge >= 0.3 is 6.09 Å². The molecule has 0 radical (unpaired) electrons. The third kappa shape index (κ3) is 3.07. The number of hydrogen-bond donors (Lipinski definition) is 0. The lowest BCUT2D eigenvalue weighted by atomic mass is 9.80. The van der Waals surface area contributed by atoms with Gasteiger partial charge in [0, 0.05) is 17.8 Å². The summed E-state index contributed by atoms with van der Waals surface area (Å²) in [6, 6.07) is -1.19. The number of carbonyl (C=O) groups excluding carboxylic acids is 2. The van der Waals surface area contributed by atoms with Gasteiger partial charge in [-0.25, -0.2) is 9.69 Å². The Bertz CT molecular complexity index is 546. The van der Waals surface area contributed by atoms with Crippen molar-refractivity contribution >= 4 is 12.0 Å². The zero-order valence-electron chi connectivity index (χ0n) is 13.7. The first kappa shape index (κ1) is 17.0. The average Bonchev–Trinajstić information content (AvgIpc) is 3.20. The number of imide groups is 1. The van der Waals surface area contributed by atoms with Crippen molar-refractivity contribution in [2.24, 2.45) is 11.0 Å². The van der Waals surface area contributed by atoms with E-state index in [4.69, 9.17) is 19.7 Å². The van der Waals surface area contributed by atoms with Gasteiger partial charge in [-0.2, -0.15) is 0 Å². The largest absolute Gasteiger partial charge is 0.447 e. The molecule has 3 rings (SSSR count). The minimum Gasteiger partial charge on any atom is -0.447 e. The maximum Gasteiger partial charge on any atom is 0.416 e. The van der Waals surface area contributed by atoms with Crippen LogP contribution in [0.5, 0.6) is 0 Å². The SMILES string of the molecule is CC[C@H]1COC(=O)N1C(=O)[C@@H](N=[N+]=[N-])C1CCC2(CC1)OCCO2. The Morgan fingerprint density at radius 1 is 1.42 bits per heavy atom. The molecule has 2 saturated heterocycles. The van der Waals surface area contributed by atoms with Crippen molar-refractivity contribution in [2.75, 3.05) is 19.8 Å². The molecule has 9 heteroatoms. The molecule has 0 N–H and O–H groups in total. The lowest BCUT2D eigenvalue weighted by Crippen LogP contribution is -2.48. The zero-order chi connectivity index (χ0) is 17.2. The molecule has 0 aromatic carbocycles. The monoisotopic (exact) mass is 338 g/mol. The predicted molar refractivity (Wildman–Crippen MR) is 81.8 cm³/mol. The van der Waals surface area contributed by atoms with Crippen molar-refractivity contribution < 1.29 is 23.8 Å². The third-order valence-electron chi connectivity index (χ3n) is 5.15. The molecule has 2 atom stereocenters. The molecule has 1 saturated carbocycles. The number of hydrogen-bond acceptors (Lipinski definition) is 6. The summed E-state index contributed by atoms with van der Waals surface area (Å²) in [7, 11) is 0. The highest BCUT2D eigenvalue weighted by atomic mass is 16.7. The number of amides is 2. The summed E-state index contributed by atoms with van der Waals surface area (Å²) in [4.78, 5) is 28.7. The van der Waals surface area contributed by atoms with Gasteiger partial charge in [0.05, 0.1) is 19.3 Å². The lowest BCUT2D eigenvalue weighted by Gasteiger charge is -2.37. The van der Waals surface area contributed by atoms with Gasteiger partial charge in [-0.05, 0) is 30.7 Å². The number of nitrogens with zero attached hydrogens (tertiary/aromatic N) is 4. The number of ether oxygens (including phenoxy) is 3. The molecular formula is C15H22N4O5. The Kier molecular flexibility index (Phi) is 4.93. The van der Waals surface area contributed by atoms with E-state index in [1.165, 1.54) is 0 Å². The summed E-state index contributed by atoms with van der Waals surface area (Å²) >= 11 is 0. The zero-order valence-corrected chi connectivity index (χ0v) is 13.7. The fraction of sp³-hybridized carbons (Fsp3) is 0.867. The summed E-state index contributed by atoms with van der Waals surface area (Å²) in [5, 5.41) is 3.71. The van der Waals surface area contributed by atoms with Gasteiger partial charge in [0.1, 0.15) is 12.6 Å². The van der Waals surface area contributed by atoms with E-state index in [2.05, 4.69) is 10.0 Å². The van der Waals surface area contributed by atoms with Gasteiger partial charge in [0.25, 0.3) is 0 Å². The first-order valence-electron chi connectivity index (χ1n) is 8.42. The molecule has 0 aromatic rings. The molecule has 0 unspecified atom stereocenters. The molecule has 132 valence electrons. The molecule has 24 heavy (non-hydrogen) atoms. The maximum absolute atomic E-state index is 12.8. The lowest BCUT2D eigenvalue weighted by molar-refractivity contribution is -0.184. The standard InChI is InChI=1S/C15H22N4O5/c1-2-11-9-22-14(21)19(11)13(20)12(17-18-16)10-3-5-15(6-4-10)23-7-8-24-15/h10-12H,2-9H2,1H3/t11-,12-/m0/s1. The van der Waals surface area contributed by atoms with Crippen LogP contribution in [-0.4, -0.2) is 54.6 Å². The van der Waals surface area contributed by atoms with Gasteiger partial charge in [-0.1, -0.05) is 12.0 Å². The fourth-order valence-corrected chi connectivity index (χ4v) is 3.76. The molecule has 0 aromatic heterocycles. The molecule has 0 bridgehead atoms. The van der Waals surface area contributed by atoms with Gasteiger partial charge in [-0.3, -0.25) is 4.79 Å². The first-order valence-corrected chi connectivity index (χ1v) is 8.42. The van der Waals surface area contributed by atoms with Crippen molar-refractivity contribution in [3.05, 3.63) is 10.4 Å². The molecule has 2 amide bonds. The van der Waals surface area contributed by atoms with E-state index in [0.29, 0.717) is 45.3 Å². The van der Waals surface area contributed by atoms with Crippen molar-refractivity contribution in [1.29, 1.82) is 0 Å². The summed E-state index contributed by atoms with van der Waals surface area (Å²) in [5.74, 6) is -1.13. The normalized spacial score (nSPS) is 27.8. The first-order chi connectivity index (χ1) is 11.6. The molecule has 2 heterocycles. The summed E-state index contributed by atoms with van der Waals surface area (Å²) in [6.45, 7) is 3.25. The van der Waals surface area contributed by atoms with E-state index in [9.17, 15) is 9.59 Å². The van der Waals surface area contributed by atoms with Gasteiger partial charge < -0.3 is 14.2 Å². The molecule has 2 aliphatic heterocycles. The van der Waals surface area contributed by atoms with Crippen molar-refractivity contribution in [1.82, 2.24) is 4.90 Å².